The minimum absolute atomic E-state index is 0.168. The van der Waals surface area contributed by atoms with Crippen molar-refractivity contribution in [2.75, 3.05) is 33.6 Å². The summed E-state index contributed by atoms with van der Waals surface area (Å²) in [5.41, 5.74) is 1.01. The largest absolute Gasteiger partial charge is 0.382 e. The van der Waals surface area contributed by atoms with Crippen LogP contribution in [0.1, 0.15) is 5.56 Å². The van der Waals surface area contributed by atoms with E-state index in [1.54, 1.807) is 7.11 Å². The first-order valence-electron chi connectivity index (χ1n) is 6.06. The number of hydrogen-bond donors (Lipinski definition) is 2. The topological polar surface area (TPSA) is 59.6 Å². The van der Waals surface area contributed by atoms with Gasteiger partial charge in [-0.1, -0.05) is 29.8 Å². The Hall–Kier alpha value is -1.30. The SMILES string of the molecule is COCCOCNC(=O)NCCc1ccccc1Cl. The van der Waals surface area contributed by atoms with E-state index >= 15 is 0 Å². The molecule has 0 unspecified atom stereocenters. The summed E-state index contributed by atoms with van der Waals surface area (Å²) in [6, 6.07) is 7.31. The van der Waals surface area contributed by atoms with E-state index in [9.17, 15) is 4.79 Å². The molecule has 1 rings (SSSR count). The van der Waals surface area contributed by atoms with Gasteiger partial charge < -0.3 is 20.1 Å². The summed E-state index contributed by atoms with van der Waals surface area (Å²) in [6.07, 6.45) is 0.692. The lowest BCUT2D eigenvalue weighted by Gasteiger charge is -2.08. The molecular formula is C13H19ClN2O3. The fourth-order valence-corrected chi connectivity index (χ4v) is 1.64. The highest BCUT2D eigenvalue weighted by molar-refractivity contribution is 6.31. The smallest absolute Gasteiger partial charge is 0.316 e. The Balaban J connectivity index is 2.09. The number of amides is 2. The van der Waals surface area contributed by atoms with Crippen LogP contribution in [0.25, 0.3) is 0 Å². The lowest BCUT2D eigenvalue weighted by Crippen LogP contribution is -2.38. The van der Waals surface area contributed by atoms with Crippen LogP contribution < -0.4 is 10.6 Å². The van der Waals surface area contributed by atoms with Gasteiger partial charge in [0.15, 0.2) is 0 Å². The van der Waals surface area contributed by atoms with Gasteiger partial charge in [-0.25, -0.2) is 4.79 Å². The van der Waals surface area contributed by atoms with Crippen molar-refractivity contribution in [1.29, 1.82) is 0 Å². The Morgan fingerprint density at radius 1 is 1.26 bits per heavy atom. The van der Waals surface area contributed by atoms with E-state index in [0.29, 0.717) is 31.2 Å². The molecule has 0 aliphatic rings. The molecular weight excluding hydrogens is 268 g/mol. The zero-order valence-electron chi connectivity index (χ0n) is 10.9. The molecule has 2 amide bonds. The molecule has 0 aliphatic carbocycles. The molecule has 0 atom stereocenters. The highest BCUT2D eigenvalue weighted by Gasteiger charge is 2.01. The predicted octanol–water partition coefficient (Wildman–Crippen LogP) is 1.80. The highest BCUT2D eigenvalue weighted by Crippen LogP contribution is 2.14. The zero-order chi connectivity index (χ0) is 13.9. The van der Waals surface area contributed by atoms with Crippen LogP contribution in [-0.4, -0.2) is 39.6 Å². The monoisotopic (exact) mass is 286 g/mol. The molecule has 0 heterocycles. The number of urea groups is 1. The molecule has 2 N–H and O–H groups in total. The molecule has 0 radical (unpaired) electrons. The number of nitrogens with one attached hydrogen (secondary N) is 2. The molecule has 0 saturated carbocycles. The number of carbonyl (C=O) groups excluding carboxylic acids is 1. The van der Waals surface area contributed by atoms with Crippen molar-refractivity contribution in [3.8, 4) is 0 Å². The first kappa shape index (κ1) is 15.8. The minimum atomic E-state index is -0.260. The molecule has 0 spiro atoms. The van der Waals surface area contributed by atoms with Crippen LogP contribution in [0.2, 0.25) is 5.02 Å². The van der Waals surface area contributed by atoms with Crippen LogP contribution in [0, 0.1) is 0 Å². The normalized spacial score (nSPS) is 10.2. The number of ether oxygens (including phenoxy) is 2. The maximum Gasteiger partial charge on any atom is 0.316 e. The van der Waals surface area contributed by atoms with Gasteiger partial charge >= 0.3 is 6.03 Å². The van der Waals surface area contributed by atoms with Crippen molar-refractivity contribution in [1.82, 2.24) is 10.6 Å². The van der Waals surface area contributed by atoms with Crippen molar-refractivity contribution < 1.29 is 14.3 Å². The number of benzene rings is 1. The maximum atomic E-state index is 11.4. The summed E-state index contributed by atoms with van der Waals surface area (Å²) in [5.74, 6) is 0. The molecule has 5 nitrogen and oxygen atoms in total. The van der Waals surface area contributed by atoms with Crippen LogP contribution >= 0.6 is 11.6 Å². The summed E-state index contributed by atoms with van der Waals surface area (Å²) < 4.78 is 9.92. The summed E-state index contributed by atoms with van der Waals surface area (Å²) in [5, 5.41) is 6.03. The van der Waals surface area contributed by atoms with E-state index in [2.05, 4.69) is 10.6 Å². The molecule has 0 bridgehead atoms. The van der Waals surface area contributed by atoms with Crippen LogP contribution in [0.15, 0.2) is 24.3 Å². The zero-order valence-corrected chi connectivity index (χ0v) is 11.7. The quantitative estimate of drug-likeness (QED) is 0.566. The number of carbonyl (C=O) groups is 1. The first-order valence-corrected chi connectivity index (χ1v) is 6.43. The summed E-state index contributed by atoms with van der Waals surface area (Å²) in [6.45, 7) is 1.65. The van der Waals surface area contributed by atoms with Crippen molar-refractivity contribution >= 4 is 17.6 Å². The van der Waals surface area contributed by atoms with Crippen LogP contribution in [0.4, 0.5) is 4.79 Å². The molecule has 0 saturated heterocycles. The van der Waals surface area contributed by atoms with Gasteiger partial charge in [0.1, 0.15) is 6.73 Å². The molecule has 1 aromatic rings. The van der Waals surface area contributed by atoms with Crippen molar-refractivity contribution in [3.63, 3.8) is 0 Å². The molecule has 0 aromatic heterocycles. The fraction of sp³-hybridized carbons (Fsp3) is 0.462. The molecule has 0 aliphatic heterocycles. The Bertz CT molecular complexity index is 388. The Morgan fingerprint density at radius 2 is 2.05 bits per heavy atom. The van der Waals surface area contributed by atoms with Gasteiger partial charge in [-0.3, -0.25) is 0 Å². The fourth-order valence-electron chi connectivity index (χ4n) is 1.41. The first-order chi connectivity index (χ1) is 9.24. The van der Waals surface area contributed by atoms with E-state index in [4.69, 9.17) is 21.1 Å². The molecule has 6 heteroatoms. The van der Waals surface area contributed by atoms with Crippen molar-refractivity contribution in [2.24, 2.45) is 0 Å². The van der Waals surface area contributed by atoms with Gasteiger partial charge in [-0.05, 0) is 18.1 Å². The Kier molecular flexibility index (Phi) is 7.97. The number of rotatable bonds is 8. The second-order valence-electron chi connectivity index (χ2n) is 3.82. The molecule has 106 valence electrons. The minimum Gasteiger partial charge on any atom is -0.382 e. The van der Waals surface area contributed by atoms with Crippen LogP contribution in [0.3, 0.4) is 0 Å². The van der Waals surface area contributed by atoms with Gasteiger partial charge in [0.2, 0.25) is 0 Å². The Labute approximate surface area is 118 Å². The third-order valence-electron chi connectivity index (χ3n) is 2.40. The second-order valence-corrected chi connectivity index (χ2v) is 4.23. The maximum absolute atomic E-state index is 11.4. The van der Waals surface area contributed by atoms with Crippen molar-refractivity contribution in [3.05, 3.63) is 34.9 Å². The molecule has 19 heavy (non-hydrogen) atoms. The van der Waals surface area contributed by atoms with Gasteiger partial charge in [-0.2, -0.15) is 0 Å². The van der Waals surface area contributed by atoms with E-state index < -0.39 is 0 Å². The van der Waals surface area contributed by atoms with Crippen LogP contribution in [0.5, 0.6) is 0 Å². The van der Waals surface area contributed by atoms with Gasteiger partial charge in [0, 0.05) is 18.7 Å². The Morgan fingerprint density at radius 3 is 2.79 bits per heavy atom. The van der Waals surface area contributed by atoms with Gasteiger partial charge in [0.05, 0.1) is 13.2 Å². The summed E-state index contributed by atoms with van der Waals surface area (Å²) >= 11 is 6.01. The number of methoxy groups -OCH3 is 1. The van der Waals surface area contributed by atoms with Gasteiger partial charge in [0.25, 0.3) is 0 Å². The highest BCUT2D eigenvalue weighted by atomic mass is 35.5. The van der Waals surface area contributed by atoms with E-state index in [1.807, 2.05) is 24.3 Å². The number of hydrogen-bond acceptors (Lipinski definition) is 3. The standard InChI is InChI=1S/C13H19ClN2O3/c1-18-8-9-19-10-16-13(17)15-7-6-11-4-2-3-5-12(11)14/h2-5H,6-10H2,1H3,(H2,15,16,17). The average molecular weight is 287 g/mol. The predicted molar refractivity (Wildman–Crippen MR) is 74.4 cm³/mol. The lowest BCUT2D eigenvalue weighted by molar-refractivity contribution is 0.0643. The van der Waals surface area contributed by atoms with E-state index in [-0.39, 0.29) is 12.8 Å². The average Bonchev–Trinajstić information content (AvgIpc) is 2.41. The van der Waals surface area contributed by atoms with E-state index in [0.717, 1.165) is 5.56 Å². The van der Waals surface area contributed by atoms with E-state index in [1.165, 1.54) is 0 Å². The number of halogens is 1. The summed E-state index contributed by atoms with van der Waals surface area (Å²) in [4.78, 5) is 11.4. The molecule has 1 aromatic carbocycles. The third kappa shape index (κ3) is 7.00. The van der Waals surface area contributed by atoms with Gasteiger partial charge in [-0.15, -0.1) is 0 Å². The second kappa shape index (κ2) is 9.61. The lowest BCUT2D eigenvalue weighted by atomic mass is 10.1. The van der Waals surface area contributed by atoms with Crippen molar-refractivity contribution in [2.45, 2.75) is 6.42 Å². The third-order valence-corrected chi connectivity index (χ3v) is 2.77. The van der Waals surface area contributed by atoms with Crippen LogP contribution in [-0.2, 0) is 15.9 Å². The summed E-state index contributed by atoms with van der Waals surface area (Å²) in [7, 11) is 1.60. The molecule has 0 fully saturated rings.